The third-order valence-electron chi connectivity index (χ3n) is 5.27. The molecule has 5 nitrogen and oxygen atoms in total. The number of nitrogens with zero attached hydrogens (tertiary/aromatic N) is 2. The van der Waals surface area contributed by atoms with Crippen molar-refractivity contribution in [2.45, 2.75) is 33.0 Å². The number of morpholine rings is 1. The van der Waals surface area contributed by atoms with Crippen LogP contribution in [0.15, 0.2) is 47.5 Å². The minimum absolute atomic E-state index is 0.0489. The number of benzene rings is 2. The molecule has 0 amide bonds. The fourth-order valence-electron chi connectivity index (χ4n) is 3.33. The molecular weight excluding hydrogens is 367 g/mol. The maximum atomic E-state index is 13.8. The summed E-state index contributed by atoms with van der Waals surface area (Å²) in [6, 6.07) is 13.9. The Morgan fingerprint density at radius 3 is 2.48 bits per heavy atom. The second-order valence-electron chi connectivity index (χ2n) is 7.51. The SMILES string of the molecule is CN=C(NCc1ccc(CN2CCOCC2)cc1)NC(C)c1ccc(C)c(F)c1. The van der Waals surface area contributed by atoms with Crippen LogP contribution in [0.25, 0.3) is 0 Å². The topological polar surface area (TPSA) is 48.9 Å². The van der Waals surface area contributed by atoms with Crippen molar-refractivity contribution >= 4 is 5.96 Å². The van der Waals surface area contributed by atoms with Gasteiger partial charge in [-0.15, -0.1) is 0 Å². The first kappa shape index (κ1) is 21.3. The summed E-state index contributed by atoms with van der Waals surface area (Å²) in [6.07, 6.45) is 0. The average molecular weight is 399 g/mol. The second-order valence-corrected chi connectivity index (χ2v) is 7.51. The first-order chi connectivity index (χ1) is 14.0. The third-order valence-corrected chi connectivity index (χ3v) is 5.27. The summed E-state index contributed by atoms with van der Waals surface area (Å²) in [4.78, 5) is 6.70. The van der Waals surface area contributed by atoms with Crippen LogP contribution in [-0.2, 0) is 17.8 Å². The predicted molar refractivity (Wildman–Crippen MR) is 115 cm³/mol. The van der Waals surface area contributed by atoms with E-state index in [-0.39, 0.29) is 11.9 Å². The minimum atomic E-state index is -0.184. The van der Waals surface area contributed by atoms with Crippen molar-refractivity contribution in [2.75, 3.05) is 33.4 Å². The number of halogens is 1. The number of aryl methyl sites for hydroxylation is 1. The summed E-state index contributed by atoms with van der Waals surface area (Å²) < 4.78 is 19.2. The zero-order chi connectivity index (χ0) is 20.6. The zero-order valence-corrected chi connectivity index (χ0v) is 17.5. The van der Waals surface area contributed by atoms with Crippen LogP contribution in [0.1, 0.15) is 35.2 Å². The Bertz CT molecular complexity index is 816. The van der Waals surface area contributed by atoms with Gasteiger partial charge in [-0.05, 0) is 42.2 Å². The van der Waals surface area contributed by atoms with Gasteiger partial charge in [0.25, 0.3) is 0 Å². The molecule has 6 heteroatoms. The minimum Gasteiger partial charge on any atom is -0.379 e. The molecule has 0 bridgehead atoms. The number of guanidine groups is 1. The van der Waals surface area contributed by atoms with Crippen LogP contribution in [0.3, 0.4) is 0 Å². The normalized spacial score (nSPS) is 16.5. The van der Waals surface area contributed by atoms with E-state index in [4.69, 9.17) is 4.74 Å². The van der Waals surface area contributed by atoms with Gasteiger partial charge >= 0.3 is 0 Å². The van der Waals surface area contributed by atoms with Crippen LogP contribution in [0.5, 0.6) is 0 Å². The van der Waals surface area contributed by atoms with E-state index < -0.39 is 0 Å². The van der Waals surface area contributed by atoms with Crippen molar-refractivity contribution < 1.29 is 9.13 Å². The average Bonchev–Trinajstić information content (AvgIpc) is 2.74. The molecule has 1 unspecified atom stereocenters. The van der Waals surface area contributed by atoms with E-state index in [0.29, 0.717) is 18.1 Å². The molecule has 2 N–H and O–H groups in total. The molecule has 1 aliphatic heterocycles. The standard InChI is InChI=1S/C23H31FN4O/c1-17-4-9-21(14-22(17)24)18(2)27-23(25-3)26-15-19-5-7-20(8-6-19)16-28-10-12-29-13-11-28/h4-9,14,18H,10-13,15-16H2,1-3H3,(H2,25,26,27). The number of rotatable bonds is 6. The highest BCUT2D eigenvalue weighted by molar-refractivity contribution is 5.80. The Labute approximate surface area is 173 Å². The molecule has 1 heterocycles. The molecule has 3 rings (SSSR count). The van der Waals surface area contributed by atoms with E-state index in [1.807, 2.05) is 13.0 Å². The second kappa shape index (κ2) is 10.4. The van der Waals surface area contributed by atoms with Crippen molar-refractivity contribution in [1.82, 2.24) is 15.5 Å². The lowest BCUT2D eigenvalue weighted by molar-refractivity contribution is 0.0342. The van der Waals surface area contributed by atoms with E-state index >= 15 is 0 Å². The van der Waals surface area contributed by atoms with Crippen LogP contribution < -0.4 is 10.6 Å². The van der Waals surface area contributed by atoms with Crippen molar-refractivity contribution in [3.05, 3.63) is 70.5 Å². The summed E-state index contributed by atoms with van der Waals surface area (Å²) in [5, 5.41) is 6.65. The highest BCUT2D eigenvalue weighted by Crippen LogP contribution is 2.16. The highest BCUT2D eigenvalue weighted by Gasteiger charge is 2.11. The van der Waals surface area contributed by atoms with E-state index in [0.717, 1.165) is 38.4 Å². The quantitative estimate of drug-likeness (QED) is 0.579. The van der Waals surface area contributed by atoms with Gasteiger partial charge in [0.15, 0.2) is 5.96 Å². The van der Waals surface area contributed by atoms with Gasteiger partial charge in [0, 0.05) is 33.2 Å². The summed E-state index contributed by atoms with van der Waals surface area (Å²) >= 11 is 0. The first-order valence-electron chi connectivity index (χ1n) is 10.2. The fourth-order valence-corrected chi connectivity index (χ4v) is 3.33. The number of aliphatic imine (C=N–C) groups is 1. The molecule has 1 aliphatic rings. The molecule has 1 atom stereocenters. The molecular formula is C23H31FN4O. The Morgan fingerprint density at radius 2 is 1.83 bits per heavy atom. The maximum Gasteiger partial charge on any atom is 0.191 e. The lowest BCUT2D eigenvalue weighted by Gasteiger charge is -2.26. The molecule has 0 aromatic heterocycles. The van der Waals surface area contributed by atoms with Gasteiger partial charge in [0.2, 0.25) is 0 Å². The molecule has 0 saturated carbocycles. The summed E-state index contributed by atoms with van der Waals surface area (Å²) in [5.41, 5.74) is 4.05. The van der Waals surface area contributed by atoms with Crippen LogP contribution >= 0.6 is 0 Å². The van der Waals surface area contributed by atoms with Crippen molar-refractivity contribution in [3.63, 3.8) is 0 Å². The molecule has 1 fully saturated rings. The van der Waals surface area contributed by atoms with E-state index in [1.54, 1.807) is 26.1 Å². The molecule has 0 radical (unpaired) electrons. The third kappa shape index (κ3) is 6.27. The maximum absolute atomic E-state index is 13.8. The lowest BCUT2D eigenvalue weighted by Crippen LogP contribution is -2.38. The summed E-state index contributed by atoms with van der Waals surface area (Å²) in [5.74, 6) is 0.507. The van der Waals surface area contributed by atoms with Gasteiger partial charge in [0.1, 0.15) is 5.82 Å². The number of hydrogen-bond acceptors (Lipinski definition) is 3. The highest BCUT2D eigenvalue weighted by atomic mass is 19.1. The van der Waals surface area contributed by atoms with Gasteiger partial charge in [-0.1, -0.05) is 36.4 Å². The van der Waals surface area contributed by atoms with Gasteiger partial charge < -0.3 is 15.4 Å². The first-order valence-corrected chi connectivity index (χ1v) is 10.2. The lowest BCUT2D eigenvalue weighted by atomic mass is 10.1. The van der Waals surface area contributed by atoms with Crippen molar-refractivity contribution in [3.8, 4) is 0 Å². The van der Waals surface area contributed by atoms with Gasteiger partial charge in [-0.3, -0.25) is 9.89 Å². The predicted octanol–water partition coefficient (Wildman–Crippen LogP) is 3.39. The number of ether oxygens (including phenoxy) is 1. The monoisotopic (exact) mass is 398 g/mol. The van der Waals surface area contributed by atoms with Crippen LogP contribution in [0.4, 0.5) is 4.39 Å². The Kier molecular flexibility index (Phi) is 7.61. The van der Waals surface area contributed by atoms with E-state index in [9.17, 15) is 4.39 Å². The van der Waals surface area contributed by atoms with Crippen molar-refractivity contribution in [1.29, 1.82) is 0 Å². The largest absolute Gasteiger partial charge is 0.379 e. The molecule has 29 heavy (non-hydrogen) atoms. The van der Waals surface area contributed by atoms with Gasteiger partial charge in [-0.2, -0.15) is 0 Å². The molecule has 156 valence electrons. The molecule has 2 aromatic carbocycles. The fraction of sp³-hybridized carbons (Fsp3) is 0.435. The summed E-state index contributed by atoms with van der Waals surface area (Å²) in [6.45, 7) is 9.03. The molecule has 0 spiro atoms. The molecule has 1 saturated heterocycles. The Hall–Kier alpha value is -2.44. The Morgan fingerprint density at radius 1 is 1.14 bits per heavy atom. The number of nitrogens with one attached hydrogen (secondary N) is 2. The summed E-state index contributed by atoms with van der Waals surface area (Å²) in [7, 11) is 1.74. The smallest absolute Gasteiger partial charge is 0.191 e. The molecule has 2 aromatic rings. The number of hydrogen-bond donors (Lipinski definition) is 2. The van der Waals surface area contributed by atoms with Crippen LogP contribution in [0.2, 0.25) is 0 Å². The van der Waals surface area contributed by atoms with Crippen molar-refractivity contribution in [2.24, 2.45) is 4.99 Å². The van der Waals surface area contributed by atoms with Gasteiger partial charge in [-0.25, -0.2) is 4.39 Å². The van der Waals surface area contributed by atoms with Crippen LogP contribution in [-0.4, -0.2) is 44.2 Å². The van der Waals surface area contributed by atoms with E-state index in [1.165, 1.54) is 11.1 Å². The van der Waals surface area contributed by atoms with Gasteiger partial charge in [0.05, 0.1) is 19.3 Å². The molecule has 0 aliphatic carbocycles. The Balaban J connectivity index is 1.50. The van der Waals surface area contributed by atoms with Crippen LogP contribution in [0, 0.1) is 12.7 Å². The zero-order valence-electron chi connectivity index (χ0n) is 17.5. The van der Waals surface area contributed by atoms with E-state index in [2.05, 4.69) is 44.8 Å².